The fourth-order valence-corrected chi connectivity index (χ4v) is 7.73. The standard InChI is InChI=1S/C31H41NO7/c1-19(2)37-25(33)17-31(11-6-9-29(4,5)39-31)28(34)38-27-20(3)16-30-10-7-12-32(30)13-8-21-14-23-24(36-18-35-23)15-22(21)26(27)30/h14-16,19,26-27H,6-13,17-18H2,1-5H3/t26-,27?,30?,31?/m1/s1. The Bertz CT molecular complexity index is 1210. The lowest BCUT2D eigenvalue weighted by Gasteiger charge is -2.44. The fourth-order valence-electron chi connectivity index (χ4n) is 7.73. The molecule has 0 radical (unpaired) electrons. The van der Waals surface area contributed by atoms with E-state index in [4.69, 9.17) is 23.7 Å². The van der Waals surface area contributed by atoms with E-state index in [0.29, 0.717) is 6.42 Å². The first kappa shape index (κ1) is 26.6. The molecule has 0 saturated carbocycles. The molecular formula is C31H41NO7. The minimum absolute atomic E-state index is 0.0767. The molecule has 0 aromatic heterocycles. The van der Waals surface area contributed by atoms with Crippen LogP contribution in [0, 0.1) is 0 Å². The lowest BCUT2D eigenvalue weighted by atomic mass is 9.77. The topological polar surface area (TPSA) is 83.5 Å². The van der Waals surface area contributed by atoms with E-state index < -0.39 is 29.2 Å². The molecule has 8 heteroatoms. The van der Waals surface area contributed by atoms with Crippen molar-refractivity contribution in [2.45, 2.75) is 114 Å². The number of nitrogens with zero attached hydrogens (tertiary/aromatic N) is 1. The van der Waals surface area contributed by atoms with E-state index in [-0.39, 0.29) is 30.8 Å². The number of hydrogen-bond acceptors (Lipinski definition) is 8. The fraction of sp³-hybridized carbons (Fsp3) is 0.677. The molecule has 3 unspecified atom stereocenters. The van der Waals surface area contributed by atoms with E-state index in [1.54, 1.807) is 0 Å². The SMILES string of the molecule is CC1=CC23CCCN2CCc2cc4c(cc2[C@@H]3C1OC(=O)C1(CC(=O)OC(C)C)CCCC(C)(C)O1)OCO4. The molecule has 8 nitrogen and oxygen atoms in total. The van der Waals surface area contributed by atoms with Gasteiger partial charge in [-0.25, -0.2) is 4.79 Å². The first-order valence-electron chi connectivity index (χ1n) is 14.5. The van der Waals surface area contributed by atoms with Gasteiger partial charge in [0.05, 0.1) is 23.7 Å². The maximum absolute atomic E-state index is 14.2. The summed E-state index contributed by atoms with van der Waals surface area (Å²) in [5.74, 6) is 0.537. The molecule has 1 spiro atoms. The third-order valence-electron chi connectivity index (χ3n) is 9.22. The van der Waals surface area contributed by atoms with Gasteiger partial charge in [-0.05, 0) is 109 Å². The van der Waals surface area contributed by atoms with Gasteiger partial charge < -0.3 is 23.7 Å². The van der Waals surface area contributed by atoms with Crippen molar-refractivity contribution in [2.24, 2.45) is 0 Å². The molecule has 0 N–H and O–H groups in total. The van der Waals surface area contributed by atoms with Gasteiger partial charge in [-0.2, -0.15) is 0 Å². The Labute approximate surface area is 230 Å². The van der Waals surface area contributed by atoms with Crippen molar-refractivity contribution in [3.63, 3.8) is 0 Å². The third-order valence-corrected chi connectivity index (χ3v) is 9.22. The Morgan fingerprint density at radius 3 is 2.59 bits per heavy atom. The van der Waals surface area contributed by atoms with E-state index in [2.05, 4.69) is 30.0 Å². The number of hydrogen-bond donors (Lipinski definition) is 0. The Hall–Kier alpha value is -2.58. The Kier molecular flexibility index (Phi) is 6.50. The normalized spacial score (nSPS) is 32.6. The van der Waals surface area contributed by atoms with Gasteiger partial charge in [0.25, 0.3) is 0 Å². The lowest BCUT2D eigenvalue weighted by molar-refractivity contribution is -0.216. The number of carbonyl (C=O) groups excluding carboxylic acids is 2. The number of benzene rings is 1. The van der Waals surface area contributed by atoms with Gasteiger partial charge in [0.1, 0.15) is 6.10 Å². The minimum atomic E-state index is -1.37. The summed E-state index contributed by atoms with van der Waals surface area (Å²) in [6.07, 6.45) is 6.46. The molecule has 1 aromatic rings. The summed E-state index contributed by atoms with van der Waals surface area (Å²) in [6.45, 7) is 11.8. The van der Waals surface area contributed by atoms with E-state index in [9.17, 15) is 9.59 Å². The summed E-state index contributed by atoms with van der Waals surface area (Å²) < 4.78 is 29.9. The molecule has 6 rings (SSSR count). The number of rotatable bonds is 5. The van der Waals surface area contributed by atoms with Gasteiger partial charge in [0, 0.05) is 12.5 Å². The van der Waals surface area contributed by atoms with Crippen LogP contribution >= 0.6 is 0 Å². The lowest BCUT2D eigenvalue weighted by Crippen LogP contribution is -2.54. The van der Waals surface area contributed by atoms with Gasteiger partial charge >= 0.3 is 11.9 Å². The molecule has 212 valence electrons. The second-order valence-electron chi connectivity index (χ2n) is 12.9. The highest BCUT2D eigenvalue weighted by atomic mass is 16.7. The molecule has 1 aliphatic carbocycles. The zero-order chi connectivity index (χ0) is 27.6. The summed E-state index contributed by atoms with van der Waals surface area (Å²) in [7, 11) is 0. The first-order valence-corrected chi connectivity index (χ1v) is 14.5. The molecule has 4 heterocycles. The van der Waals surface area contributed by atoms with E-state index in [1.165, 1.54) is 5.56 Å². The molecule has 1 aromatic carbocycles. The van der Waals surface area contributed by atoms with Gasteiger partial charge in [0.15, 0.2) is 17.1 Å². The second-order valence-corrected chi connectivity index (χ2v) is 12.9. The summed E-state index contributed by atoms with van der Waals surface area (Å²) in [5.41, 5.74) is 1.28. The largest absolute Gasteiger partial charge is 0.463 e. The predicted molar refractivity (Wildman–Crippen MR) is 144 cm³/mol. The zero-order valence-corrected chi connectivity index (χ0v) is 23.8. The third kappa shape index (κ3) is 4.53. The average Bonchev–Trinajstić information content (AvgIpc) is 3.51. The van der Waals surface area contributed by atoms with Crippen LogP contribution in [0.15, 0.2) is 23.8 Å². The summed E-state index contributed by atoms with van der Waals surface area (Å²) in [5, 5.41) is 0. The highest BCUT2D eigenvalue weighted by Crippen LogP contribution is 2.56. The predicted octanol–water partition coefficient (Wildman–Crippen LogP) is 4.82. The van der Waals surface area contributed by atoms with Crippen LogP contribution in [0.4, 0.5) is 0 Å². The van der Waals surface area contributed by atoms with Gasteiger partial charge in [-0.15, -0.1) is 0 Å². The zero-order valence-electron chi connectivity index (χ0n) is 23.8. The molecule has 2 saturated heterocycles. The maximum Gasteiger partial charge on any atom is 0.339 e. The first-order chi connectivity index (χ1) is 18.5. The summed E-state index contributed by atoms with van der Waals surface area (Å²) in [6, 6.07) is 4.21. The van der Waals surface area contributed by atoms with Crippen molar-refractivity contribution in [3.8, 4) is 11.5 Å². The van der Waals surface area contributed by atoms with Crippen LogP contribution in [0.5, 0.6) is 11.5 Å². The van der Waals surface area contributed by atoms with Crippen molar-refractivity contribution >= 4 is 11.9 Å². The minimum Gasteiger partial charge on any atom is -0.463 e. The number of esters is 2. The van der Waals surface area contributed by atoms with Gasteiger partial charge in [0.2, 0.25) is 6.79 Å². The molecule has 4 atom stereocenters. The number of carbonyl (C=O) groups is 2. The van der Waals surface area contributed by atoms with Crippen LogP contribution in [0.1, 0.15) is 90.2 Å². The van der Waals surface area contributed by atoms with Crippen LogP contribution in [0.25, 0.3) is 0 Å². The average molecular weight is 540 g/mol. The van der Waals surface area contributed by atoms with Crippen molar-refractivity contribution in [3.05, 3.63) is 34.9 Å². The van der Waals surface area contributed by atoms with Crippen LogP contribution < -0.4 is 9.47 Å². The van der Waals surface area contributed by atoms with E-state index in [1.807, 2.05) is 27.7 Å². The number of ether oxygens (including phenoxy) is 5. The number of fused-ring (bicyclic) bond motifs is 3. The maximum atomic E-state index is 14.2. The summed E-state index contributed by atoms with van der Waals surface area (Å²) in [4.78, 5) is 29.7. The Balaban J connectivity index is 1.37. The second kappa shape index (κ2) is 9.51. The Morgan fingerprint density at radius 1 is 1.08 bits per heavy atom. The quantitative estimate of drug-likeness (QED) is 0.389. The van der Waals surface area contributed by atoms with Gasteiger partial charge in [-0.3, -0.25) is 9.69 Å². The molecule has 0 amide bonds. The smallest absolute Gasteiger partial charge is 0.339 e. The van der Waals surface area contributed by atoms with Crippen LogP contribution in [0.2, 0.25) is 0 Å². The Morgan fingerprint density at radius 2 is 1.85 bits per heavy atom. The van der Waals surface area contributed by atoms with Gasteiger partial charge in [-0.1, -0.05) is 6.08 Å². The van der Waals surface area contributed by atoms with Crippen molar-refractivity contribution < 1.29 is 33.3 Å². The summed E-state index contributed by atoms with van der Waals surface area (Å²) >= 11 is 0. The molecule has 2 fully saturated rings. The van der Waals surface area contributed by atoms with Crippen molar-refractivity contribution in [1.82, 2.24) is 4.90 Å². The van der Waals surface area contributed by atoms with Crippen LogP contribution in [0.3, 0.4) is 0 Å². The molecule has 39 heavy (non-hydrogen) atoms. The van der Waals surface area contributed by atoms with Crippen LogP contribution in [-0.4, -0.2) is 65.7 Å². The van der Waals surface area contributed by atoms with Crippen molar-refractivity contribution in [1.29, 1.82) is 0 Å². The molecular weight excluding hydrogens is 498 g/mol. The highest BCUT2D eigenvalue weighted by molar-refractivity contribution is 5.86. The van der Waals surface area contributed by atoms with E-state index in [0.717, 1.165) is 67.8 Å². The van der Waals surface area contributed by atoms with E-state index >= 15 is 0 Å². The molecule has 4 aliphatic heterocycles. The monoisotopic (exact) mass is 539 g/mol. The molecule has 5 aliphatic rings. The highest BCUT2D eigenvalue weighted by Gasteiger charge is 2.58. The van der Waals surface area contributed by atoms with Crippen LogP contribution in [-0.2, 0) is 30.2 Å². The van der Waals surface area contributed by atoms with Crippen molar-refractivity contribution in [2.75, 3.05) is 19.9 Å². The molecule has 0 bridgehead atoms.